The van der Waals surface area contributed by atoms with Crippen LogP contribution >= 0.6 is 11.6 Å². The number of fused-ring (bicyclic) bond motifs is 4. The number of ether oxygens (including phenoxy) is 1. The third kappa shape index (κ3) is 2.42. The largest absolute Gasteiger partial charge is 0.501 e. The lowest BCUT2D eigenvalue weighted by molar-refractivity contribution is -0.0856. The molecule has 2 nitrogen and oxygen atoms in total. The van der Waals surface area contributed by atoms with Gasteiger partial charge in [-0.1, -0.05) is 24.0 Å². The van der Waals surface area contributed by atoms with Gasteiger partial charge in [-0.15, -0.1) is 0 Å². The fraction of sp³-hybridized carbons (Fsp3) is 0.727. The van der Waals surface area contributed by atoms with Crippen molar-refractivity contribution in [3.8, 4) is 11.3 Å². The third-order valence-corrected chi connectivity index (χ3v) is 8.15. The number of aliphatic hydroxyl groups is 1. The number of rotatable bonds is 2. The van der Waals surface area contributed by atoms with Crippen LogP contribution in [0.15, 0.2) is 23.0 Å². The zero-order valence-electron chi connectivity index (χ0n) is 15.4. The van der Waals surface area contributed by atoms with Crippen molar-refractivity contribution >= 4 is 11.6 Å². The first-order valence-electron chi connectivity index (χ1n) is 9.87. The van der Waals surface area contributed by atoms with Crippen LogP contribution in [0, 0.1) is 34.5 Å². The Morgan fingerprint density at radius 2 is 2.16 bits per heavy atom. The zero-order valence-corrected chi connectivity index (χ0v) is 16.2. The first-order chi connectivity index (χ1) is 12.1. The van der Waals surface area contributed by atoms with Gasteiger partial charge in [-0.3, -0.25) is 0 Å². The first-order valence-corrected chi connectivity index (χ1v) is 10.3. The average Bonchev–Trinajstić information content (AvgIpc) is 2.94. The van der Waals surface area contributed by atoms with E-state index in [0.29, 0.717) is 17.8 Å². The Morgan fingerprint density at radius 1 is 1.32 bits per heavy atom. The summed E-state index contributed by atoms with van der Waals surface area (Å²) in [5, 5.41) is 13.8. The Bertz CT molecular complexity index is 682. The van der Waals surface area contributed by atoms with Crippen LogP contribution in [-0.2, 0) is 4.74 Å². The summed E-state index contributed by atoms with van der Waals surface area (Å²) in [5.74, 6) is 6.14. The average molecular weight is 361 g/mol. The molecule has 0 aliphatic heterocycles. The van der Waals surface area contributed by atoms with Gasteiger partial charge in [0.05, 0.1) is 12.9 Å². The van der Waals surface area contributed by atoms with Gasteiger partial charge in [0, 0.05) is 17.2 Å². The zero-order chi connectivity index (χ0) is 17.7. The quantitative estimate of drug-likeness (QED) is 0.544. The Balaban J connectivity index is 1.65. The third-order valence-electron chi connectivity index (χ3n) is 8.05. The number of allylic oxidation sites excluding steroid dienone is 3. The Morgan fingerprint density at radius 3 is 2.88 bits per heavy atom. The summed E-state index contributed by atoms with van der Waals surface area (Å²) >= 11 is 5.73. The number of hydrogen-bond donors (Lipinski definition) is 1. The van der Waals surface area contributed by atoms with Crippen LogP contribution in [0.2, 0.25) is 0 Å². The van der Waals surface area contributed by atoms with E-state index >= 15 is 0 Å². The maximum atomic E-state index is 11.3. The molecule has 0 radical (unpaired) electrons. The topological polar surface area (TPSA) is 29.5 Å². The lowest BCUT2D eigenvalue weighted by Crippen LogP contribution is -2.52. The fourth-order valence-electron chi connectivity index (χ4n) is 6.87. The normalized spacial score (nSPS) is 42.6. The predicted molar refractivity (Wildman–Crippen MR) is 101 cm³/mol. The smallest absolute Gasteiger partial charge is 0.132 e. The Hall–Kier alpha value is -0.910. The van der Waals surface area contributed by atoms with Crippen molar-refractivity contribution in [3.05, 3.63) is 23.0 Å². The summed E-state index contributed by atoms with van der Waals surface area (Å²) in [5.41, 5.74) is 2.39. The molecule has 1 N–H and O–H groups in total. The molecule has 2 saturated carbocycles. The summed E-state index contributed by atoms with van der Waals surface area (Å²) in [6, 6.07) is 0. The molecule has 0 spiro atoms. The van der Waals surface area contributed by atoms with Crippen molar-refractivity contribution < 1.29 is 9.84 Å². The highest BCUT2D eigenvalue weighted by Gasteiger charge is 2.62. The SMILES string of the molecule is CCC12CC[C@@H]3C4=C(CC[C@H]3[C@@H]1CC[C@@]2(O)C#CCl)CC(OC)=CC4. The van der Waals surface area contributed by atoms with Gasteiger partial charge in [0.2, 0.25) is 0 Å². The minimum absolute atomic E-state index is 0.0592. The maximum Gasteiger partial charge on any atom is 0.132 e. The highest BCUT2D eigenvalue weighted by Crippen LogP contribution is 2.65. The fourth-order valence-corrected chi connectivity index (χ4v) is 7.03. The summed E-state index contributed by atoms with van der Waals surface area (Å²) < 4.78 is 5.50. The van der Waals surface area contributed by atoms with E-state index in [-0.39, 0.29) is 5.41 Å². The molecule has 0 aromatic carbocycles. The molecule has 4 aliphatic carbocycles. The van der Waals surface area contributed by atoms with Gasteiger partial charge in [-0.2, -0.15) is 0 Å². The molecule has 0 heterocycles. The predicted octanol–water partition coefficient (Wildman–Crippen LogP) is 5.16. The van der Waals surface area contributed by atoms with Gasteiger partial charge < -0.3 is 9.84 Å². The summed E-state index contributed by atoms with van der Waals surface area (Å²) in [6.07, 6.45) is 12.0. The maximum absolute atomic E-state index is 11.3. The first kappa shape index (κ1) is 17.5. The lowest BCUT2D eigenvalue weighted by Gasteiger charge is -2.54. The standard InChI is InChI=1S/C22H29ClO2/c1-3-21-10-8-18-17-7-5-16(25-2)14-15(17)4-6-19(18)20(21)9-11-22(21,24)12-13-23/h5,18-20,24H,3-4,6-11,14H2,1-2H3/t18-,19-,20+,21?,22-/m1/s1. The van der Waals surface area contributed by atoms with Crippen LogP contribution in [0.1, 0.15) is 64.7 Å². The molecule has 0 aromatic rings. The highest BCUT2D eigenvalue weighted by molar-refractivity contribution is 6.30. The van der Waals surface area contributed by atoms with Gasteiger partial charge in [0.25, 0.3) is 0 Å². The van der Waals surface area contributed by atoms with E-state index in [0.717, 1.165) is 44.3 Å². The summed E-state index contributed by atoms with van der Waals surface area (Å²) in [7, 11) is 1.79. The van der Waals surface area contributed by atoms with Crippen molar-refractivity contribution in [2.75, 3.05) is 7.11 Å². The molecule has 1 unspecified atom stereocenters. The molecule has 0 saturated heterocycles. The number of hydrogen-bond acceptors (Lipinski definition) is 2. The second-order valence-electron chi connectivity index (χ2n) is 8.47. The van der Waals surface area contributed by atoms with Crippen molar-refractivity contribution in [1.29, 1.82) is 0 Å². The molecular weight excluding hydrogens is 332 g/mol. The Kier molecular flexibility index (Phi) is 4.45. The van der Waals surface area contributed by atoms with E-state index in [4.69, 9.17) is 16.3 Å². The second kappa shape index (κ2) is 6.36. The molecule has 5 atom stereocenters. The second-order valence-corrected chi connectivity index (χ2v) is 8.66. The summed E-state index contributed by atoms with van der Waals surface area (Å²) in [4.78, 5) is 0. The molecule has 0 bridgehead atoms. The highest BCUT2D eigenvalue weighted by atomic mass is 35.5. The van der Waals surface area contributed by atoms with Gasteiger partial charge in [0.15, 0.2) is 0 Å². The number of methoxy groups -OCH3 is 1. The van der Waals surface area contributed by atoms with E-state index in [2.05, 4.69) is 24.3 Å². The van der Waals surface area contributed by atoms with Gasteiger partial charge >= 0.3 is 0 Å². The van der Waals surface area contributed by atoms with E-state index in [1.807, 2.05) is 0 Å². The number of halogens is 1. The summed E-state index contributed by atoms with van der Waals surface area (Å²) in [6.45, 7) is 2.24. The van der Waals surface area contributed by atoms with Crippen molar-refractivity contribution in [2.24, 2.45) is 23.2 Å². The van der Waals surface area contributed by atoms with Crippen molar-refractivity contribution in [1.82, 2.24) is 0 Å². The Labute approximate surface area is 156 Å². The van der Waals surface area contributed by atoms with Crippen LogP contribution < -0.4 is 0 Å². The van der Waals surface area contributed by atoms with E-state index < -0.39 is 5.60 Å². The van der Waals surface area contributed by atoms with Crippen LogP contribution in [-0.4, -0.2) is 17.8 Å². The molecule has 0 aromatic heterocycles. The van der Waals surface area contributed by atoms with Crippen LogP contribution in [0.3, 0.4) is 0 Å². The molecule has 2 fully saturated rings. The van der Waals surface area contributed by atoms with Crippen molar-refractivity contribution in [2.45, 2.75) is 70.3 Å². The molecule has 136 valence electrons. The minimum atomic E-state index is -0.885. The van der Waals surface area contributed by atoms with Crippen LogP contribution in [0.4, 0.5) is 0 Å². The van der Waals surface area contributed by atoms with Gasteiger partial charge in [-0.05, 0) is 86.8 Å². The lowest BCUT2D eigenvalue weighted by atomic mass is 9.51. The van der Waals surface area contributed by atoms with Crippen molar-refractivity contribution in [3.63, 3.8) is 0 Å². The molecule has 0 amide bonds. The molecule has 25 heavy (non-hydrogen) atoms. The van der Waals surface area contributed by atoms with Crippen LogP contribution in [0.25, 0.3) is 0 Å². The molecular formula is C22H29ClO2. The monoisotopic (exact) mass is 360 g/mol. The van der Waals surface area contributed by atoms with Crippen LogP contribution in [0.5, 0.6) is 0 Å². The van der Waals surface area contributed by atoms with Gasteiger partial charge in [-0.25, -0.2) is 0 Å². The van der Waals surface area contributed by atoms with Gasteiger partial charge in [0.1, 0.15) is 5.60 Å². The molecule has 4 rings (SSSR count). The van der Waals surface area contributed by atoms with E-state index in [9.17, 15) is 5.11 Å². The van der Waals surface area contributed by atoms with E-state index in [1.165, 1.54) is 19.3 Å². The molecule has 3 heteroatoms. The molecule has 4 aliphatic rings. The minimum Gasteiger partial charge on any atom is -0.501 e. The van der Waals surface area contributed by atoms with E-state index in [1.54, 1.807) is 18.3 Å².